The smallest absolute Gasteiger partial charge is 0.307 e. The molecule has 2 aromatic rings. The molecule has 8 nitrogen and oxygen atoms in total. The van der Waals surface area contributed by atoms with Gasteiger partial charge >= 0.3 is 5.97 Å². The van der Waals surface area contributed by atoms with E-state index in [2.05, 4.69) is 0 Å². The highest BCUT2D eigenvalue weighted by molar-refractivity contribution is 7.89. The molecule has 3 rings (SSSR count). The van der Waals surface area contributed by atoms with Crippen molar-refractivity contribution in [1.82, 2.24) is 4.31 Å². The number of carbonyl (C=O) groups is 1. The molecule has 0 N–H and O–H groups in total. The maximum Gasteiger partial charge on any atom is 0.307 e. The van der Waals surface area contributed by atoms with Crippen LogP contribution in [-0.4, -0.2) is 53.2 Å². The summed E-state index contributed by atoms with van der Waals surface area (Å²) in [6, 6.07) is 9.11. The van der Waals surface area contributed by atoms with Gasteiger partial charge in [-0.1, -0.05) is 0 Å². The van der Waals surface area contributed by atoms with Gasteiger partial charge in [-0.2, -0.15) is 4.31 Å². The van der Waals surface area contributed by atoms with Gasteiger partial charge in [-0.25, -0.2) is 8.42 Å². The second kappa shape index (κ2) is 9.57. The summed E-state index contributed by atoms with van der Waals surface area (Å²) in [5.74, 6) is 1.12. The molecule has 9 heteroatoms. The number of ether oxygens (including phenoxy) is 4. The van der Waals surface area contributed by atoms with E-state index in [1.807, 2.05) is 13.0 Å². The van der Waals surface area contributed by atoms with Gasteiger partial charge in [0.15, 0.2) is 11.5 Å². The van der Waals surface area contributed by atoms with Crippen LogP contribution in [0.15, 0.2) is 41.3 Å². The van der Waals surface area contributed by atoms with Crippen LogP contribution in [0.25, 0.3) is 0 Å². The average Bonchev–Trinajstić information content (AvgIpc) is 2.78. The quantitative estimate of drug-likeness (QED) is 0.572. The Morgan fingerprint density at radius 3 is 2.29 bits per heavy atom. The molecule has 0 bridgehead atoms. The van der Waals surface area contributed by atoms with Gasteiger partial charge in [-0.05, 0) is 60.9 Å². The third kappa shape index (κ3) is 4.62. The number of esters is 1. The van der Waals surface area contributed by atoms with E-state index in [1.165, 1.54) is 30.7 Å². The zero-order valence-corrected chi connectivity index (χ0v) is 18.9. The topological polar surface area (TPSA) is 91.4 Å². The highest BCUT2D eigenvalue weighted by atomic mass is 32.2. The SMILES string of the molecule is CCOc1ccc(S(=O)(=O)N2CCc3cc(OC)c(OC)cc3C2CC(=O)OC)cc1. The largest absolute Gasteiger partial charge is 0.494 e. The maximum absolute atomic E-state index is 13.5. The first-order valence-corrected chi connectivity index (χ1v) is 11.4. The standard InChI is InChI=1S/C22H27NO7S/c1-5-30-16-6-8-17(9-7-16)31(25,26)23-11-10-15-12-20(27-2)21(28-3)13-18(15)19(23)14-22(24)29-4/h6-9,12-13,19H,5,10-11,14H2,1-4H3. The number of fused-ring (bicyclic) bond motifs is 1. The van der Waals surface area contributed by atoms with Crippen LogP contribution < -0.4 is 14.2 Å². The second-order valence-electron chi connectivity index (χ2n) is 6.97. The van der Waals surface area contributed by atoms with Gasteiger partial charge in [0.2, 0.25) is 10.0 Å². The number of hydrogen-bond donors (Lipinski definition) is 0. The van der Waals surface area contributed by atoms with Crippen molar-refractivity contribution in [3.63, 3.8) is 0 Å². The molecular formula is C22H27NO7S. The molecule has 1 atom stereocenters. The molecule has 0 aliphatic carbocycles. The fourth-order valence-electron chi connectivity index (χ4n) is 3.76. The van der Waals surface area contributed by atoms with E-state index in [1.54, 1.807) is 25.3 Å². The van der Waals surface area contributed by atoms with Crippen LogP contribution in [0.2, 0.25) is 0 Å². The summed E-state index contributed by atoms with van der Waals surface area (Å²) in [5.41, 5.74) is 1.61. The molecule has 0 spiro atoms. The summed E-state index contributed by atoms with van der Waals surface area (Å²) in [5, 5.41) is 0. The van der Waals surface area contributed by atoms with Crippen LogP contribution in [0.3, 0.4) is 0 Å². The molecule has 31 heavy (non-hydrogen) atoms. The lowest BCUT2D eigenvalue weighted by molar-refractivity contribution is -0.141. The lowest BCUT2D eigenvalue weighted by Crippen LogP contribution is -2.41. The fraction of sp³-hybridized carbons (Fsp3) is 0.409. The van der Waals surface area contributed by atoms with Gasteiger partial charge in [0.25, 0.3) is 0 Å². The molecule has 1 aliphatic heterocycles. The van der Waals surface area contributed by atoms with Gasteiger partial charge in [-0.3, -0.25) is 4.79 Å². The van der Waals surface area contributed by atoms with Gasteiger partial charge in [0.1, 0.15) is 5.75 Å². The van der Waals surface area contributed by atoms with Crippen LogP contribution in [0, 0.1) is 0 Å². The van der Waals surface area contributed by atoms with E-state index in [-0.39, 0.29) is 17.9 Å². The summed E-state index contributed by atoms with van der Waals surface area (Å²) in [6.07, 6.45) is 0.360. The van der Waals surface area contributed by atoms with Crippen molar-refractivity contribution in [2.45, 2.75) is 30.7 Å². The molecule has 0 fully saturated rings. The zero-order valence-electron chi connectivity index (χ0n) is 18.1. The Kier molecular flexibility index (Phi) is 7.07. The van der Waals surface area contributed by atoms with Crippen molar-refractivity contribution in [1.29, 1.82) is 0 Å². The first-order valence-electron chi connectivity index (χ1n) is 9.92. The third-order valence-electron chi connectivity index (χ3n) is 5.28. The van der Waals surface area contributed by atoms with E-state index in [0.29, 0.717) is 35.8 Å². The van der Waals surface area contributed by atoms with Crippen molar-refractivity contribution >= 4 is 16.0 Å². The van der Waals surface area contributed by atoms with Crippen molar-refractivity contribution in [3.05, 3.63) is 47.5 Å². The number of nitrogens with zero attached hydrogens (tertiary/aromatic N) is 1. The Labute approximate surface area is 182 Å². The fourth-order valence-corrected chi connectivity index (χ4v) is 5.36. The van der Waals surface area contributed by atoms with Crippen molar-refractivity contribution < 1.29 is 32.2 Å². The number of methoxy groups -OCH3 is 3. The predicted molar refractivity (Wildman–Crippen MR) is 114 cm³/mol. The molecule has 168 valence electrons. The average molecular weight is 450 g/mol. The Morgan fingerprint density at radius 2 is 1.71 bits per heavy atom. The van der Waals surface area contributed by atoms with Crippen molar-refractivity contribution in [2.24, 2.45) is 0 Å². The number of rotatable bonds is 8. The van der Waals surface area contributed by atoms with Crippen LogP contribution in [0.4, 0.5) is 0 Å². The molecule has 1 unspecified atom stereocenters. The van der Waals surface area contributed by atoms with E-state index >= 15 is 0 Å². The molecule has 0 saturated carbocycles. The first-order chi connectivity index (χ1) is 14.8. The number of sulfonamides is 1. The predicted octanol–water partition coefficient (Wildman–Crippen LogP) is 2.95. The molecule has 1 aliphatic rings. The van der Waals surface area contributed by atoms with Crippen molar-refractivity contribution in [3.8, 4) is 17.2 Å². The number of benzene rings is 2. The number of carbonyl (C=O) groups excluding carboxylic acids is 1. The summed E-state index contributed by atoms with van der Waals surface area (Å²) in [6.45, 7) is 2.57. The van der Waals surface area contributed by atoms with Gasteiger partial charge in [0, 0.05) is 6.54 Å². The third-order valence-corrected chi connectivity index (χ3v) is 7.20. The Morgan fingerprint density at radius 1 is 1.06 bits per heavy atom. The van der Waals surface area contributed by atoms with Crippen LogP contribution in [0.5, 0.6) is 17.2 Å². The molecule has 0 aromatic heterocycles. The molecule has 1 heterocycles. The van der Waals surface area contributed by atoms with Crippen molar-refractivity contribution in [2.75, 3.05) is 34.5 Å². The Hall–Kier alpha value is -2.78. The minimum atomic E-state index is -3.88. The molecular weight excluding hydrogens is 422 g/mol. The highest BCUT2D eigenvalue weighted by Gasteiger charge is 2.38. The van der Waals surface area contributed by atoms with Crippen LogP contribution in [0.1, 0.15) is 30.5 Å². The van der Waals surface area contributed by atoms with Gasteiger partial charge < -0.3 is 18.9 Å². The summed E-state index contributed by atoms with van der Waals surface area (Å²) >= 11 is 0. The minimum Gasteiger partial charge on any atom is -0.494 e. The van der Waals surface area contributed by atoms with Gasteiger partial charge in [-0.15, -0.1) is 0 Å². The van der Waals surface area contributed by atoms with E-state index < -0.39 is 22.0 Å². The highest BCUT2D eigenvalue weighted by Crippen LogP contribution is 2.41. The van der Waals surface area contributed by atoms with E-state index in [9.17, 15) is 13.2 Å². The molecule has 0 amide bonds. The lowest BCUT2D eigenvalue weighted by atomic mass is 9.91. The van der Waals surface area contributed by atoms with E-state index in [0.717, 1.165) is 5.56 Å². The van der Waals surface area contributed by atoms with Gasteiger partial charge in [0.05, 0.1) is 45.3 Å². The van der Waals surface area contributed by atoms with Crippen LogP contribution in [-0.2, 0) is 26.0 Å². The zero-order chi connectivity index (χ0) is 22.6. The Balaban J connectivity index is 2.05. The second-order valence-corrected chi connectivity index (χ2v) is 8.86. The summed E-state index contributed by atoms with van der Waals surface area (Å²) < 4.78 is 49.4. The summed E-state index contributed by atoms with van der Waals surface area (Å²) in [4.78, 5) is 12.3. The normalized spacial score (nSPS) is 16.3. The summed E-state index contributed by atoms with van der Waals surface area (Å²) in [7, 11) is 0.461. The number of hydrogen-bond acceptors (Lipinski definition) is 7. The Bertz CT molecular complexity index is 1030. The van der Waals surface area contributed by atoms with E-state index in [4.69, 9.17) is 18.9 Å². The molecule has 0 radical (unpaired) electrons. The lowest BCUT2D eigenvalue weighted by Gasteiger charge is -2.36. The maximum atomic E-state index is 13.5. The minimum absolute atomic E-state index is 0.116. The van der Waals surface area contributed by atoms with Crippen LogP contribution >= 0.6 is 0 Å². The first kappa shape index (κ1) is 22.9. The molecule has 0 saturated heterocycles. The molecule has 2 aromatic carbocycles. The monoisotopic (exact) mass is 449 g/mol.